The SMILES string of the molecule is [2H]CC1CN(CCCCCOC(=O)CCC(=O)NC)CC(C)O1. The summed E-state index contributed by atoms with van der Waals surface area (Å²) in [4.78, 5) is 24.8. The molecule has 6 nitrogen and oxygen atoms in total. The largest absolute Gasteiger partial charge is 0.466 e. The highest BCUT2D eigenvalue weighted by atomic mass is 16.5. The van der Waals surface area contributed by atoms with Gasteiger partial charge in [0.2, 0.25) is 5.91 Å². The van der Waals surface area contributed by atoms with Gasteiger partial charge in [-0.3, -0.25) is 14.5 Å². The normalized spacial score (nSPS) is 22.9. The van der Waals surface area contributed by atoms with Gasteiger partial charge >= 0.3 is 5.97 Å². The maximum Gasteiger partial charge on any atom is 0.306 e. The summed E-state index contributed by atoms with van der Waals surface area (Å²) in [6.45, 7) is 5.53. The Labute approximate surface area is 134 Å². The van der Waals surface area contributed by atoms with Crippen LogP contribution in [0.2, 0.25) is 0 Å². The van der Waals surface area contributed by atoms with E-state index < -0.39 is 0 Å². The number of carbonyl (C=O) groups excluding carboxylic acids is 2. The number of rotatable bonds is 9. The fourth-order valence-corrected chi connectivity index (χ4v) is 2.54. The van der Waals surface area contributed by atoms with Crippen LogP contribution in [-0.4, -0.2) is 62.3 Å². The van der Waals surface area contributed by atoms with Gasteiger partial charge in [0, 0.05) is 27.9 Å². The minimum Gasteiger partial charge on any atom is -0.466 e. The summed E-state index contributed by atoms with van der Waals surface area (Å²) >= 11 is 0. The van der Waals surface area contributed by atoms with Crippen molar-refractivity contribution < 1.29 is 20.4 Å². The summed E-state index contributed by atoms with van der Waals surface area (Å²) in [5, 5.41) is 2.47. The molecule has 0 aliphatic carbocycles. The third-order valence-electron chi connectivity index (χ3n) is 3.62. The van der Waals surface area contributed by atoms with Gasteiger partial charge in [0.15, 0.2) is 0 Å². The molecule has 128 valence electrons. The first-order valence-corrected chi connectivity index (χ1v) is 8.08. The first kappa shape index (κ1) is 17.2. The van der Waals surface area contributed by atoms with Crippen molar-refractivity contribution in [3.63, 3.8) is 0 Å². The van der Waals surface area contributed by atoms with Crippen molar-refractivity contribution in [3.8, 4) is 0 Å². The van der Waals surface area contributed by atoms with Gasteiger partial charge < -0.3 is 14.8 Å². The smallest absolute Gasteiger partial charge is 0.306 e. The van der Waals surface area contributed by atoms with Crippen LogP contribution >= 0.6 is 0 Å². The molecule has 0 spiro atoms. The monoisotopic (exact) mass is 315 g/mol. The Morgan fingerprint density at radius 2 is 2.05 bits per heavy atom. The van der Waals surface area contributed by atoms with E-state index in [1.165, 1.54) is 0 Å². The van der Waals surface area contributed by atoms with Crippen LogP contribution in [0.4, 0.5) is 0 Å². The van der Waals surface area contributed by atoms with E-state index in [1.54, 1.807) is 7.05 Å². The molecule has 1 saturated heterocycles. The summed E-state index contributed by atoms with van der Waals surface area (Å²) in [6, 6.07) is 0. The number of amides is 1. The molecule has 0 aromatic rings. The lowest BCUT2D eigenvalue weighted by molar-refractivity contribution is -0.145. The highest BCUT2D eigenvalue weighted by molar-refractivity contribution is 5.80. The lowest BCUT2D eigenvalue weighted by Crippen LogP contribution is -2.45. The molecule has 1 aliphatic heterocycles. The van der Waals surface area contributed by atoms with Gasteiger partial charge in [-0.25, -0.2) is 0 Å². The number of carbonyl (C=O) groups is 2. The molecule has 0 bridgehead atoms. The van der Waals surface area contributed by atoms with E-state index in [9.17, 15) is 9.59 Å². The average Bonchev–Trinajstić information content (AvgIpc) is 2.55. The summed E-state index contributed by atoms with van der Waals surface area (Å²) in [6.07, 6.45) is 3.43. The number of hydrogen-bond donors (Lipinski definition) is 1. The second kappa shape index (κ2) is 10.6. The predicted octanol–water partition coefficient (Wildman–Crippen LogP) is 1.34. The Morgan fingerprint density at radius 1 is 1.27 bits per heavy atom. The van der Waals surface area contributed by atoms with Crippen molar-refractivity contribution in [1.29, 1.82) is 0 Å². The van der Waals surface area contributed by atoms with E-state index in [0.717, 1.165) is 38.9 Å². The van der Waals surface area contributed by atoms with Crippen LogP contribution in [0.1, 0.15) is 47.3 Å². The van der Waals surface area contributed by atoms with Crippen LogP contribution < -0.4 is 5.32 Å². The maximum atomic E-state index is 11.4. The van der Waals surface area contributed by atoms with E-state index in [4.69, 9.17) is 10.8 Å². The number of hydrogen-bond acceptors (Lipinski definition) is 5. The molecule has 0 saturated carbocycles. The number of nitrogens with one attached hydrogen (secondary N) is 1. The van der Waals surface area contributed by atoms with Gasteiger partial charge in [-0.05, 0) is 39.6 Å². The van der Waals surface area contributed by atoms with Crippen molar-refractivity contribution in [1.82, 2.24) is 10.2 Å². The molecule has 1 rings (SSSR count). The number of nitrogens with zero attached hydrogens (tertiary/aromatic N) is 1. The fourth-order valence-electron chi connectivity index (χ4n) is 2.54. The van der Waals surface area contributed by atoms with Gasteiger partial charge in [0.05, 0.1) is 25.2 Å². The quantitative estimate of drug-likeness (QED) is 0.514. The second-order valence-electron chi connectivity index (χ2n) is 5.78. The Morgan fingerprint density at radius 3 is 2.77 bits per heavy atom. The number of ether oxygens (including phenoxy) is 2. The molecule has 1 amide bonds. The minimum atomic E-state index is -0.311. The second-order valence-corrected chi connectivity index (χ2v) is 5.78. The molecule has 1 fully saturated rings. The van der Waals surface area contributed by atoms with Gasteiger partial charge in [-0.2, -0.15) is 0 Å². The zero-order chi connectivity index (χ0) is 17.1. The van der Waals surface area contributed by atoms with Crippen molar-refractivity contribution >= 4 is 11.9 Å². The van der Waals surface area contributed by atoms with E-state index in [2.05, 4.69) is 10.2 Å². The molecule has 0 radical (unpaired) electrons. The topological polar surface area (TPSA) is 67.9 Å². The van der Waals surface area contributed by atoms with E-state index in [1.807, 2.05) is 6.92 Å². The molecule has 0 aromatic carbocycles. The van der Waals surface area contributed by atoms with E-state index >= 15 is 0 Å². The van der Waals surface area contributed by atoms with E-state index in [0.29, 0.717) is 13.5 Å². The maximum absolute atomic E-state index is 11.4. The Bertz CT molecular complexity index is 368. The molecule has 2 unspecified atom stereocenters. The molecular formula is C16H30N2O4. The molecule has 1 N–H and O–H groups in total. The Hall–Kier alpha value is -1.14. The highest BCUT2D eigenvalue weighted by Gasteiger charge is 2.21. The minimum absolute atomic E-state index is 0.0278. The van der Waals surface area contributed by atoms with E-state index in [-0.39, 0.29) is 36.9 Å². The third kappa shape index (κ3) is 8.34. The van der Waals surface area contributed by atoms with Crippen LogP contribution in [0.15, 0.2) is 0 Å². The zero-order valence-corrected chi connectivity index (χ0v) is 13.8. The average molecular weight is 315 g/mol. The molecular weight excluding hydrogens is 284 g/mol. The van der Waals surface area contributed by atoms with Crippen LogP contribution in [-0.2, 0) is 19.1 Å². The first-order valence-electron chi connectivity index (χ1n) is 8.79. The summed E-state index contributed by atoms with van der Waals surface area (Å²) in [5.74, 6) is -0.457. The van der Waals surface area contributed by atoms with Crippen LogP contribution in [0.25, 0.3) is 0 Å². The van der Waals surface area contributed by atoms with Gasteiger partial charge in [-0.15, -0.1) is 0 Å². The number of esters is 1. The lowest BCUT2D eigenvalue weighted by Gasteiger charge is -2.35. The van der Waals surface area contributed by atoms with Gasteiger partial charge in [0.1, 0.15) is 0 Å². The third-order valence-corrected chi connectivity index (χ3v) is 3.62. The standard InChI is InChI=1S/C16H30N2O4/c1-13-11-18(12-14(2)22-13)9-5-4-6-10-21-16(20)8-7-15(19)17-3/h13-14H,4-12H2,1-3H3,(H,17,19)/i1D. The molecule has 0 aromatic heterocycles. The predicted molar refractivity (Wildman–Crippen MR) is 84.6 cm³/mol. The highest BCUT2D eigenvalue weighted by Crippen LogP contribution is 2.11. The number of morpholine rings is 1. The van der Waals surface area contributed by atoms with Crippen molar-refractivity contribution in [2.75, 3.05) is 33.3 Å². The molecule has 1 heterocycles. The zero-order valence-electron chi connectivity index (χ0n) is 14.8. The summed E-state index contributed by atoms with van der Waals surface area (Å²) in [7, 11) is 1.55. The van der Waals surface area contributed by atoms with Crippen molar-refractivity contribution in [2.45, 2.75) is 58.1 Å². The molecule has 6 heteroatoms. The Balaban J connectivity index is 2.00. The van der Waals surface area contributed by atoms with Crippen LogP contribution in [0.5, 0.6) is 0 Å². The number of unbranched alkanes of at least 4 members (excludes halogenated alkanes) is 2. The summed E-state index contributed by atoms with van der Waals surface area (Å²) < 4.78 is 18.2. The van der Waals surface area contributed by atoms with Crippen molar-refractivity contribution in [2.24, 2.45) is 0 Å². The van der Waals surface area contributed by atoms with Gasteiger partial charge in [-0.1, -0.05) is 0 Å². The lowest BCUT2D eigenvalue weighted by atomic mass is 10.2. The van der Waals surface area contributed by atoms with Crippen LogP contribution in [0.3, 0.4) is 0 Å². The summed E-state index contributed by atoms with van der Waals surface area (Å²) in [5.41, 5.74) is 0. The Kier molecular flexibility index (Phi) is 8.27. The van der Waals surface area contributed by atoms with Crippen LogP contribution in [0, 0.1) is 0 Å². The van der Waals surface area contributed by atoms with Crippen molar-refractivity contribution in [3.05, 3.63) is 0 Å². The van der Waals surface area contributed by atoms with Gasteiger partial charge in [0.25, 0.3) is 0 Å². The molecule has 1 aliphatic rings. The molecule has 2 atom stereocenters. The fraction of sp³-hybridized carbons (Fsp3) is 0.875. The molecule has 22 heavy (non-hydrogen) atoms. The first-order chi connectivity index (χ1) is 11.0.